The van der Waals surface area contributed by atoms with E-state index in [1.165, 1.54) is 9.87 Å². The molecule has 3 rings (SSSR count). The van der Waals surface area contributed by atoms with Gasteiger partial charge in [0.2, 0.25) is 10.0 Å². The Balaban J connectivity index is 1.65. The zero-order valence-corrected chi connectivity index (χ0v) is 17.3. The lowest BCUT2D eigenvalue weighted by molar-refractivity contribution is -0.124. The largest absolute Gasteiger partial charge is 0.319 e. The van der Waals surface area contributed by atoms with E-state index < -0.39 is 15.6 Å². The highest BCUT2D eigenvalue weighted by Crippen LogP contribution is 2.27. The Morgan fingerprint density at radius 1 is 1.00 bits per heavy atom. The van der Waals surface area contributed by atoms with Crippen molar-refractivity contribution in [3.63, 3.8) is 0 Å². The van der Waals surface area contributed by atoms with Gasteiger partial charge >= 0.3 is 0 Å². The van der Waals surface area contributed by atoms with Crippen molar-refractivity contribution in [2.45, 2.75) is 50.0 Å². The molecule has 1 aliphatic heterocycles. The highest BCUT2D eigenvalue weighted by atomic mass is 32.2. The summed E-state index contributed by atoms with van der Waals surface area (Å²) in [5.74, 6) is -0.0240. The number of carbonyl (C=O) groups is 1. The molecule has 0 unspecified atom stereocenters. The standard InChI is InChI=1S/C22H28N2O3S/c1-3-18-6-8-19(9-7-18)16-21(25)22(23)12-14-24(15-13-22)28(26,27)20-10-4-17(2)5-11-20/h4-11H,3,12-16,23H2,1-2H3. The van der Waals surface area contributed by atoms with Gasteiger partial charge in [-0.15, -0.1) is 0 Å². The number of sulfonamides is 1. The van der Waals surface area contributed by atoms with Crippen LogP contribution in [-0.4, -0.2) is 37.1 Å². The van der Waals surface area contributed by atoms with Gasteiger partial charge in [-0.25, -0.2) is 8.42 Å². The summed E-state index contributed by atoms with van der Waals surface area (Å²) in [5, 5.41) is 0. The third-order valence-electron chi connectivity index (χ3n) is 5.62. The molecule has 1 heterocycles. The van der Waals surface area contributed by atoms with Gasteiger partial charge in [0.25, 0.3) is 0 Å². The number of hydrogen-bond acceptors (Lipinski definition) is 4. The fourth-order valence-corrected chi connectivity index (χ4v) is 4.96. The fraction of sp³-hybridized carbons (Fsp3) is 0.409. The first kappa shape index (κ1) is 20.7. The summed E-state index contributed by atoms with van der Waals surface area (Å²) in [6.07, 6.45) is 1.92. The molecule has 1 aliphatic rings. The van der Waals surface area contributed by atoms with Crippen LogP contribution in [0.4, 0.5) is 0 Å². The van der Waals surface area contributed by atoms with Crippen molar-refractivity contribution in [1.29, 1.82) is 0 Å². The second kappa shape index (κ2) is 8.15. The molecule has 2 N–H and O–H groups in total. The Morgan fingerprint density at radius 3 is 2.07 bits per heavy atom. The van der Waals surface area contributed by atoms with E-state index in [1.54, 1.807) is 24.3 Å². The van der Waals surface area contributed by atoms with Crippen molar-refractivity contribution in [2.75, 3.05) is 13.1 Å². The zero-order chi connectivity index (χ0) is 20.4. The number of benzene rings is 2. The van der Waals surface area contributed by atoms with Gasteiger partial charge in [0.1, 0.15) is 0 Å². The molecule has 28 heavy (non-hydrogen) atoms. The second-order valence-electron chi connectivity index (χ2n) is 7.64. The number of rotatable bonds is 6. The minimum absolute atomic E-state index is 0.0240. The first-order valence-corrected chi connectivity index (χ1v) is 11.2. The lowest BCUT2D eigenvalue weighted by Crippen LogP contribution is -2.56. The van der Waals surface area contributed by atoms with E-state index in [2.05, 4.69) is 6.92 Å². The highest BCUT2D eigenvalue weighted by molar-refractivity contribution is 7.89. The van der Waals surface area contributed by atoms with Crippen molar-refractivity contribution >= 4 is 15.8 Å². The number of nitrogens with zero attached hydrogens (tertiary/aromatic N) is 1. The normalized spacial score (nSPS) is 17.4. The fourth-order valence-electron chi connectivity index (χ4n) is 3.52. The number of hydrogen-bond donors (Lipinski definition) is 1. The van der Waals surface area contributed by atoms with Crippen LogP contribution in [0.3, 0.4) is 0 Å². The smallest absolute Gasteiger partial charge is 0.243 e. The number of ketones is 1. The van der Waals surface area contributed by atoms with Gasteiger partial charge in [-0.05, 0) is 49.4 Å². The molecule has 0 atom stereocenters. The predicted molar refractivity (Wildman–Crippen MR) is 111 cm³/mol. The summed E-state index contributed by atoms with van der Waals surface area (Å²) in [6, 6.07) is 14.8. The molecule has 1 saturated heterocycles. The lowest BCUT2D eigenvalue weighted by atomic mass is 9.82. The van der Waals surface area contributed by atoms with Gasteiger partial charge in [-0.2, -0.15) is 4.31 Å². The van der Waals surface area contributed by atoms with Gasteiger partial charge in [0, 0.05) is 19.5 Å². The number of piperidine rings is 1. The number of aryl methyl sites for hydroxylation is 2. The Morgan fingerprint density at radius 2 is 1.54 bits per heavy atom. The molecule has 0 aromatic heterocycles. The van der Waals surface area contributed by atoms with Gasteiger partial charge in [0.05, 0.1) is 10.4 Å². The molecule has 5 nitrogen and oxygen atoms in total. The van der Waals surface area contributed by atoms with Gasteiger partial charge in [0.15, 0.2) is 5.78 Å². The zero-order valence-electron chi connectivity index (χ0n) is 16.5. The Bertz CT molecular complexity index is 927. The molecule has 2 aromatic carbocycles. The van der Waals surface area contributed by atoms with Crippen LogP contribution in [0.25, 0.3) is 0 Å². The minimum atomic E-state index is -3.55. The maximum atomic E-state index is 12.8. The van der Waals surface area contributed by atoms with E-state index in [9.17, 15) is 13.2 Å². The third kappa shape index (κ3) is 4.35. The van der Waals surface area contributed by atoms with Crippen LogP contribution in [0.2, 0.25) is 0 Å². The van der Waals surface area contributed by atoms with E-state index in [0.717, 1.165) is 17.5 Å². The van der Waals surface area contributed by atoms with Crippen molar-refractivity contribution in [3.8, 4) is 0 Å². The van der Waals surface area contributed by atoms with Crippen molar-refractivity contribution in [3.05, 3.63) is 65.2 Å². The van der Waals surface area contributed by atoms with Crippen LogP contribution in [0.5, 0.6) is 0 Å². The Hall–Kier alpha value is -2.02. The molecule has 0 spiro atoms. The minimum Gasteiger partial charge on any atom is -0.319 e. The first-order chi connectivity index (χ1) is 13.2. The molecular weight excluding hydrogens is 372 g/mol. The summed E-state index contributed by atoms with van der Waals surface area (Å²) in [7, 11) is -3.55. The number of nitrogens with two attached hydrogens (primary N) is 1. The van der Waals surface area contributed by atoms with Gasteiger partial charge < -0.3 is 5.73 Å². The van der Waals surface area contributed by atoms with Crippen LogP contribution in [0, 0.1) is 6.92 Å². The van der Waals surface area contributed by atoms with Crippen LogP contribution >= 0.6 is 0 Å². The first-order valence-electron chi connectivity index (χ1n) is 9.71. The van der Waals surface area contributed by atoms with Gasteiger partial charge in [-0.3, -0.25) is 4.79 Å². The van der Waals surface area contributed by atoms with Crippen LogP contribution < -0.4 is 5.73 Å². The predicted octanol–water partition coefficient (Wildman–Crippen LogP) is 2.85. The van der Waals surface area contributed by atoms with E-state index in [0.29, 0.717) is 12.8 Å². The Kier molecular flexibility index (Phi) is 6.03. The molecule has 1 fully saturated rings. The highest BCUT2D eigenvalue weighted by Gasteiger charge is 2.40. The van der Waals surface area contributed by atoms with Crippen molar-refractivity contribution < 1.29 is 13.2 Å². The number of carbonyl (C=O) groups excluding carboxylic acids is 1. The monoisotopic (exact) mass is 400 g/mol. The Labute approximate surface area is 167 Å². The van der Waals surface area contributed by atoms with Crippen molar-refractivity contribution in [1.82, 2.24) is 4.31 Å². The summed E-state index contributed by atoms with van der Waals surface area (Å²) in [6.45, 7) is 4.52. The van der Waals surface area contributed by atoms with E-state index in [4.69, 9.17) is 5.73 Å². The molecule has 0 bridgehead atoms. The van der Waals surface area contributed by atoms with Crippen LogP contribution in [0.15, 0.2) is 53.4 Å². The van der Waals surface area contributed by atoms with Crippen LogP contribution in [-0.2, 0) is 27.7 Å². The van der Waals surface area contributed by atoms with Crippen LogP contribution in [0.1, 0.15) is 36.5 Å². The van der Waals surface area contributed by atoms with Gasteiger partial charge in [-0.1, -0.05) is 48.9 Å². The molecule has 2 aromatic rings. The molecule has 0 amide bonds. The molecule has 0 saturated carbocycles. The third-order valence-corrected chi connectivity index (χ3v) is 7.54. The summed E-state index contributed by atoms with van der Waals surface area (Å²) in [4.78, 5) is 13.1. The van der Waals surface area contributed by atoms with Crippen molar-refractivity contribution in [2.24, 2.45) is 5.73 Å². The SMILES string of the molecule is CCc1ccc(CC(=O)C2(N)CCN(S(=O)(=O)c3ccc(C)cc3)CC2)cc1. The number of Topliss-reactive ketones (excluding diaryl/α,β-unsaturated/α-hetero) is 1. The second-order valence-corrected chi connectivity index (χ2v) is 9.58. The maximum Gasteiger partial charge on any atom is 0.243 e. The summed E-state index contributed by atoms with van der Waals surface area (Å²) < 4.78 is 27.1. The average molecular weight is 401 g/mol. The lowest BCUT2D eigenvalue weighted by Gasteiger charge is -2.37. The molecular formula is C22H28N2O3S. The average Bonchev–Trinajstić information content (AvgIpc) is 2.69. The molecule has 0 radical (unpaired) electrons. The summed E-state index contributed by atoms with van der Waals surface area (Å²) in [5.41, 5.74) is 8.62. The molecule has 150 valence electrons. The molecule has 6 heteroatoms. The van der Waals surface area contributed by atoms with E-state index in [1.807, 2.05) is 31.2 Å². The maximum absolute atomic E-state index is 12.8. The van der Waals surface area contributed by atoms with E-state index in [-0.39, 0.29) is 30.2 Å². The quantitative estimate of drug-likeness (QED) is 0.808. The van der Waals surface area contributed by atoms with E-state index >= 15 is 0 Å². The summed E-state index contributed by atoms with van der Waals surface area (Å²) >= 11 is 0. The molecule has 0 aliphatic carbocycles. The topological polar surface area (TPSA) is 80.5 Å².